The molecule has 1 aromatic heterocycles. The molecular formula is C20H19NO3. The number of ether oxygens (including phenoxy) is 1. The number of hydrogen-bond donors (Lipinski definition) is 0. The molecule has 122 valence electrons. The lowest BCUT2D eigenvalue weighted by molar-refractivity contribution is -0.146. The van der Waals surface area contributed by atoms with Gasteiger partial charge in [-0.25, -0.2) is 4.98 Å². The minimum Gasteiger partial charge on any atom is -0.456 e. The van der Waals surface area contributed by atoms with Gasteiger partial charge in [0.05, 0.1) is 12.6 Å². The van der Waals surface area contributed by atoms with Gasteiger partial charge in [-0.3, -0.25) is 4.79 Å². The molecule has 2 aromatic carbocycles. The molecular weight excluding hydrogens is 302 g/mol. The van der Waals surface area contributed by atoms with Gasteiger partial charge in [-0.2, -0.15) is 0 Å². The number of benzene rings is 2. The van der Waals surface area contributed by atoms with Gasteiger partial charge in [0.1, 0.15) is 0 Å². The molecule has 4 heteroatoms. The van der Waals surface area contributed by atoms with Gasteiger partial charge >= 0.3 is 5.97 Å². The third-order valence-corrected chi connectivity index (χ3v) is 3.81. The fourth-order valence-electron chi connectivity index (χ4n) is 2.46. The third-order valence-electron chi connectivity index (χ3n) is 3.81. The van der Waals surface area contributed by atoms with Crippen LogP contribution in [0.1, 0.15) is 30.7 Å². The Labute approximate surface area is 141 Å². The molecule has 1 heterocycles. The predicted molar refractivity (Wildman–Crippen MR) is 91.2 cm³/mol. The molecule has 4 nitrogen and oxygen atoms in total. The molecule has 3 rings (SSSR count). The molecule has 0 aliphatic carbocycles. The van der Waals surface area contributed by atoms with Gasteiger partial charge in [0.2, 0.25) is 5.89 Å². The van der Waals surface area contributed by atoms with Crippen molar-refractivity contribution in [2.75, 3.05) is 0 Å². The van der Waals surface area contributed by atoms with Crippen LogP contribution in [0.4, 0.5) is 0 Å². The zero-order valence-electron chi connectivity index (χ0n) is 13.5. The lowest BCUT2D eigenvalue weighted by atomic mass is 9.98. The van der Waals surface area contributed by atoms with E-state index in [0.29, 0.717) is 18.1 Å². The van der Waals surface area contributed by atoms with Crippen LogP contribution in [0.3, 0.4) is 0 Å². The maximum atomic E-state index is 12.0. The van der Waals surface area contributed by atoms with Crippen molar-refractivity contribution in [3.63, 3.8) is 0 Å². The van der Waals surface area contributed by atoms with Crippen molar-refractivity contribution in [2.24, 2.45) is 0 Å². The molecule has 3 aromatic rings. The summed E-state index contributed by atoms with van der Waals surface area (Å²) >= 11 is 0. The highest BCUT2D eigenvalue weighted by Crippen LogP contribution is 2.21. The number of esters is 1. The third kappa shape index (κ3) is 4.10. The maximum Gasteiger partial charge on any atom is 0.306 e. The summed E-state index contributed by atoms with van der Waals surface area (Å²) in [5.41, 5.74) is 2.07. The van der Waals surface area contributed by atoms with E-state index in [4.69, 9.17) is 9.15 Å². The molecule has 0 radical (unpaired) electrons. The number of oxazole rings is 1. The largest absolute Gasteiger partial charge is 0.456 e. The molecule has 0 saturated carbocycles. The van der Waals surface area contributed by atoms with Crippen molar-refractivity contribution in [1.82, 2.24) is 4.98 Å². The topological polar surface area (TPSA) is 52.3 Å². The molecule has 0 fully saturated rings. The Balaban J connectivity index is 1.53. The second-order valence-corrected chi connectivity index (χ2v) is 5.66. The van der Waals surface area contributed by atoms with Crippen molar-refractivity contribution in [1.29, 1.82) is 0 Å². The van der Waals surface area contributed by atoms with Crippen LogP contribution in [-0.2, 0) is 16.1 Å². The van der Waals surface area contributed by atoms with Gasteiger partial charge in [0, 0.05) is 5.56 Å². The van der Waals surface area contributed by atoms with Gasteiger partial charge < -0.3 is 9.15 Å². The molecule has 0 saturated heterocycles. The Bertz CT molecular complexity index is 781. The first kappa shape index (κ1) is 16.0. The van der Waals surface area contributed by atoms with Crippen LogP contribution in [0.25, 0.3) is 11.3 Å². The summed E-state index contributed by atoms with van der Waals surface area (Å²) in [6.45, 7) is 2.06. The van der Waals surface area contributed by atoms with Crippen molar-refractivity contribution >= 4 is 5.97 Å². The Hall–Kier alpha value is -2.88. The van der Waals surface area contributed by atoms with Gasteiger partial charge in [-0.1, -0.05) is 67.6 Å². The smallest absolute Gasteiger partial charge is 0.306 e. The Morgan fingerprint density at radius 1 is 1.08 bits per heavy atom. The van der Waals surface area contributed by atoms with Crippen LogP contribution in [0.15, 0.2) is 71.3 Å². The van der Waals surface area contributed by atoms with Crippen LogP contribution < -0.4 is 0 Å². The fraction of sp³-hybridized carbons (Fsp3) is 0.200. The van der Waals surface area contributed by atoms with Gasteiger partial charge in [-0.05, 0) is 11.5 Å². The highest BCUT2D eigenvalue weighted by atomic mass is 16.5. The van der Waals surface area contributed by atoms with Crippen molar-refractivity contribution in [3.8, 4) is 11.3 Å². The highest BCUT2D eigenvalue weighted by molar-refractivity contribution is 5.70. The molecule has 0 spiro atoms. The quantitative estimate of drug-likeness (QED) is 0.624. The Morgan fingerprint density at radius 2 is 1.75 bits per heavy atom. The molecule has 0 amide bonds. The van der Waals surface area contributed by atoms with E-state index in [1.54, 1.807) is 6.20 Å². The van der Waals surface area contributed by atoms with Crippen LogP contribution in [0, 0.1) is 0 Å². The van der Waals surface area contributed by atoms with Gasteiger partial charge in [0.25, 0.3) is 0 Å². The van der Waals surface area contributed by atoms with E-state index in [1.165, 1.54) is 0 Å². The Morgan fingerprint density at radius 3 is 2.46 bits per heavy atom. The van der Waals surface area contributed by atoms with Crippen molar-refractivity contribution in [3.05, 3.63) is 78.3 Å². The molecule has 0 bridgehead atoms. The van der Waals surface area contributed by atoms with E-state index in [9.17, 15) is 4.79 Å². The summed E-state index contributed by atoms with van der Waals surface area (Å²) < 4.78 is 10.9. The Kier molecular flexibility index (Phi) is 5.06. The van der Waals surface area contributed by atoms with Crippen LogP contribution in [0.5, 0.6) is 0 Å². The normalized spacial score (nSPS) is 11.9. The number of carbonyl (C=O) groups is 1. The van der Waals surface area contributed by atoms with E-state index in [0.717, 1.165) is 11.1 Å². The van der Waals surface area contributed by atoms with Gasteiger partial charge in [0.15, 0.2) is 12.4 Å². The zero-order chi connectivity index (χ0) is 16.8. The molecule has 0 unspecified atom stereocenters. The molecule has 0 aliphatic heterocycles. The number of hydrogen-bond acceptors (Lipinski definition) is 4. The zero-order valence-corrected chi connectivity index (χ0v) is 13.5. The maximum absolute atomic E-state index is 12.0. The summed E-state index contributed by atoms with van der Waals surface area (Å²) in [5.74, 6) is 0.919. The van der Waals surface area contributed by atoms with Gasteiger partial charge in [-0.15, -0.1) is 0 Å². The average molecular weight is 321 g/mol. The van der Waals surface area contributed by atoms with Crippen molar-refractivity contribution < 1.29 is 13.9 Å². The lowest BCUT2D eigenvalue weighted by Crippen LogP contribution is -2.08. The second kappa shape index (κ2) is 7.59. The number of rotatable bonds is 6. The van der Waals surface area contributed by atoms with E-state index in [2.05, 4.69) is 4.98 Å². The first-order valence-electron chi connectivity index (χ1n) is 7.93. The summed E-state index contributed by atoms with van der Waals surface area (Å²) in [6, 6.07) is 19.6. The summed E-state index contributed by atoms with van der Waals surface area (Å²) in [4.78, 5) is 16.1. The van der Waals surface area contributed by atoms with Crippen LogP contribution in [-0.4, -0.2) is 11.0 Å². The summed E-state index contributed by atoms with van der Waals surface area (Å²) in [7, 11) is 0. The number of aromatic nitrogens is 1. The minimum atomic E-state index is -0.259. The number of carbonyl (C=O) groups excluding carboxylic acids is 1. The summed E-state index contributed by atoms with van der Waals surface area (Å²) in [5, 5.41) is 0. The average Bonchev–Trinajstić information content (AvgIpc) is 3.10. The second-order valence-electron chi connectivity index (χ2n) is 5.66. The first-order chi connectivity index (χ1) is 11.7. The minimum absolute atomic E-state index is 0.0488. The molecule has 0 N–H and O–H groups in total. The summed E-state index contributed by atoms with van der Waals surface area (Å²) in [6.07, 6.45) is 1.97. The van der Waals surface area contributed by atoms with E-state index >= 15 is 0 Å². The van der Waals surface area contributed by atoms with Crippen LogP contribution in [0.2, 0.25) is 0 Å². The number of nitrogens with zero attached hydrogens (tertiary/aromatic N) is 1. The van der Waals surface area contributed by atoms with E-state index in [1.807, 2.05) is 67.6 Å². The van der Waals surface area contributed by atoms with Crippen molar-refractivity contribution in [2.45, 2.75) is 25.9 Å². The van der Waals surface area contributed by atoms with E-state index in [-0.39, 0.29) is 18.5 Å². The first-order valence-corrected chi connectivity index (χ1v) is 7.93. The van der Waals surface area contributed by atoms with E-state index < -0.39 is 0 Å². The molecule has 1 atom stereocenters. The predicted octanol–water partition coefficient (Wildman–Crippen LogP) is 4.58. The SMILES string of the molecule is C[C@H](CC(=O)OCc1ncc(-c2ccccc2)o1)c1ccccc1. The fourth-order valence-corrected chi connectivity index (χ4v) is 2.46. The van der Waals surface area contributed by atoms with Crippen LogP contribution >= 0.6 is 0 Å². The monoisotopic (exact) mass is 321 g/mol. The molecule has 0 aliphatic rings. The lowest BCUT2D eigenvalue weighted by Gasteiger charge is -2.10. The highest BCUT2D eigenvalue weighted by Gasteiger charge is 2.14. The molecule has 24 heavy (non-hydrogen) atoms. The standard InChI is InChI=1S/C20H19NO3/c1-15(16-8-4-2-5-9-16)12-20(22)23-14-19-21-13-18(24-19)17-10-6-3-7-11-17/h2-11,13,15H,12,14H2,1H3/t15-/m1/s1.